The van der Waals surface area contributed by atoms with Crippen LogP contribution >= 0.6 is 11.6 Å². The van der Waals surface area contributed by atoms with Crippen LogP contribution < -0.4 is 4.74 Å². The van der Waals surface area contributed by atoms with Gasteiger partial charge >= 0.3 is 6.09 Å². The number of hydrogen-bond donors (Lipinski definition) is 1. The van der Waals surface area contributed by atoms with Gasteiger partial charge in [0.1, 0.15) is 12.4 Å². The van der Waals surface area contributed by atoms with Crippen molar-refractivity contribution in [3.8, 4) is 5.75 Å². The molecule has 1 unspecified atom stereocenters. The van der Waals surface area contributed by atoms with E-state index in [-0.39, 0.29) is 6.04 Å². The number of hydrogen-bond acceptors (Lipinski definition) is 3. The number of likely N-dealkylation sites (N-methyl/N-ethyl adjacent to an activating group) is 1. The number of carbonyl (C=O) groups is 1. The Bertz CT molecular complexity index is 452. The second kappa shape index (κ2) is 6.81. The zero-order valence-electron chi connectivity index (χ0n) is 11.5. The Morgan fingerprint density at radius 3 is 2.85 bits per heavy atom. The normalized spacial score (nSPS) is 19.0. The molecule has 0 spiro atoms. The lowest BCUT2D eigenvalue weighted by Crippen LogP contribution is -2.38. The van der Waals surface area contributed by atoms with Crippen molar-refractivity contribution >= 4 is 17.7 Å². The molecule has 0 radical (unpaired) electrons. The third-order valence-electron chi connectivity index (χ3n) is 3.59. The van der Waals surface area contributed by atoms with E-state index in [1.54, 1.807) is 19.2 Å². The fraction of sp³-hybridized carbons (Fsp3) is 0.500. The zero-order valence-corrected chi connectivity index (χ0v) is 12.2. The van der Waals surface area contributed by atoms with Crippen LogP contribution in [0.5, 0.6) is 5.75 Å². The minimum Gasteiger partial charge on any atom is -0.492 e. The predicted molar refractivity (Wildman–Crippen MR) is 77.6 cm³/mol. The molecule has 0 saturated carbocycles. The first-order valence-corrected chi connectivity index (χ1v) is 7.00. The Morgan fingerprint density at radius 2 is 2.20 bits per heavy atom. The van der Waals surface area contributed by atoms with E-state index in [9.17, 15) is 4.79 Å². The fourth-order valence-electron chi connectivity index (χ4n) is 2.31. The van der Waals surface area contributed by atoms with Crippen molar-refractivity contribution in [3.05, 3.63) is 29.3 Å². The first-order chi connectivity index (χ1) is 9.56. The summed E-state index contributed by atoms with van der Waals surface area (Å²) < 4.78 is 5.64. The molecule has 1 N–H and O–H groups in total. The summed E-state index contributed by atoms with van der Waals surface area (Å²) in [6.07, 6.45) is 0.0123. The van der Waals surface area contributed by atoms with Gasteiger partial charge in [-0.2, -0.15) is 0 Å². The largest absolute Gasteiger partial charge is 0.492 e. The third-order valence-corrected chi connectivity index (χ3v) is 3.84. The van der Waals surface area contributed by atoms with Gasteiger partial charge in [0.05, 0.1) is 0 Å². The average molecular weight is 299 g/mol. The molecule has 1 aromatic carbocycles. The van der Waals surface area contributed by atoms with Crippen molar-refractivity contribution in [1.82, 2.24) is 9.80 Å². The van der Waals surface area contributed by atoms with Gasteiger partial charge in [-0.25, -0.2) is 4.79 Å². The molecule has 20 heavy (non-hydrogen) atoms. The fourth-order valence-corrected chi connectivity index (χ4v) is 2.44. The highest BCUT2D eigenvalue weighted by Gasteiger charge is 2.27. The summed E-state index contributed by atoms with van der Waals surface area (Å²) in [6, 6.07) is 7.36. The van der Waals surface area contributed by atoms with Gasteiger partial charge < -0.3 is 14.7 Å². The minimum atomic E-state index is -0.866. The smallest absolute Gasteiger partial charge is 0.407 e. The quantitative estimate of drug-likeness (QED) is 0.907. The summed E-state index contributed by atoms with van der Waals surface area (Å²) in [5.41, 5.74) is 0. The van der Waals surface area contributed by atoms with Crippen molar-refractivity contribution in [1.29, 1.82) is 0 Å². The monoisotopic (exact) mass is 298 g/mol. The molecule has 110 valence electrons. The lowest BCUT2D eigenvalue weighted by Gasteiger charge is -2.22. The highest BCUT2D eigenvalue weighted by Crippen LogP contribution is 2.17. The van der Waals surface area contributed by atoms with Crippen LogP contribution in [0.3, 0.4) is 0 Å². The topological polar surface area (TPSA) is 53.0 Å². The lowest BCUT2D eigenvalue weighted by molar-refractivity contribution is 0.137. The Morgan fingerprint density at radius 1 is 1.50 bits per heavy atom. The molecule has 1 fully saturated rings. The number of likely N-dealkylation sites (tertiary alicyclic amines) is 1. The molecule has 2 rings (SSSR count). The SMILES string of the molecule is CN(C(=O)O)C1CCN(CCOc2ccc(Cl)cc2)C1. The van der Waals surface area contributed by atoms with E-state index in [1.807, 2.05) is 12.1 Å². The number of benzene rings is 1. The summed E-state index contributed by atoms with van der Waals surface area (Å²) in [6.45, 7) is 3.07. The van der Waals surface area contributed by atoms with Crippen LogP contribution in [0.2, 0.25) is 5.02 Å². The molecule has 5 nitrogen and oxygen atoms in total. The Balaban J connectivity index is 1.71. The van der Waals surface area contributed by atoms with Crippen LogP contribution in [-0.2, 0) is 0 Å². The van der Waals surface area contributed by atoms with Crippen molar-refractivity contribution in [2.75, 3.05) is 33.3 Å². The minimum absolute atomic E-state index is 0.0861. The molecular formula is C14H19ClN2O3. The van der Waals surface area contributed by atoms with Gasteiger partial charge in [-0.1, -0.05) is 11.6 Å². The van der Waals surface area contributed by atoms with Crippen LogP contribution in [-0.4, -0.2) is 60.3 Å². The number of rotatable bonds is 5. The molecule has 1 aromatic rings. The molecule has 6 heteroatoms. The van der Waals surface area contributed by atoms with E-state index < -0.39 is 6.09 Å². The van der Waals surface area contributed by atoms with E-state index in [0.29, 0.717) is 11.6 Å². The van der Waals surface area contributed by atoms with Crippen LogP contribution in [0, 0.1) is 0 Å². The molecule has 0 aromatic heterocycles. The third kappa shape index (κ3) is 4.02. The number of nitrogens with zero attached hydrogens (tertiary/aromatic N) is 2. The number of ether oxygens (including phenoxy) is 1. The summed E-state index contributed by atoms with van der Waals surface area (Å²) in [4.78, 5) is 14.5. The second-order valence-corrected chi connectivity index (χ2v) is 5.38. The number of halogens is 1. The first-order valence-electron chi connectivity index (χ1n) is 6.63. The van der Waals surface area contributed by atoms with Crippen LogP contribution in [0.4, 0.5) is 4.79 Å². The summed E-state index contributed by atoms with van der Waals surface area (Å²) in [5, 5.41) is 9.64. The zero-order chi connectivity index (χ0) is 14.5. The van der Waals surface area contributed by atoms with Crippen molar-refractivity contribution < 1.29 is 14.6 Å². The van der Waals surface area contributed by atoms with E-state index in [0.717, 1.165) is 31.8 Å². The Kier molecular flexibility index (Phi) is 5.09. The maximum Gasteiger partial charge on any atom is 0.407 e. The van der Waals surface area contributed by atoms with Gasteiger partial charge in [0.2, 0.25) is 0 Å². The van der Waals surface area contributed by atoms with Gasteiger partial charge in [-0.15, -0.1) is 0 Å². The summed E-state index contributed by atoms with van der Waals surface area (Å²) in [5.74, 6) is 0.799. The van der Waals surface area contributed by atoms with Crippen molar-refractivity contribution in [2.24, 2.45) is 0 Å². The molecule has 0 aliphatic carbocycles. The molecular weight excluding hydrogens is 280 g/mol. The van der Waals surface area contributed by atoms with Gasteiger partial charge in [0, 0.05) is 37.7 Å². The Labute approximate surface area is 123 Å². The second-order valence-electron chi connectivity index (χ2n) is 4.94. The van der Waals surface area contributed by atoms with Crippen molar-refractivity contribution in [2.45, 2.75) is 12.5 Å². The molecule has 1 aliphatic rings. The van der Waals surface area contributed by atoms with Gasteiger partial charge in [-0.05, 0) is 30.7 Å². The molecule has 0 bridgehead atoms. The van der Waals surface area contributed by atoms with E-state index in [1.165, 1.54) is 4.90 Å². The first kappa shape index (κ1) is 14.9. The molecule has 1 saturated heterocycles. The Hall–Kier alpha value is -1.46. The van der Waals surface area contributed by atoms with Crippen molar-refractivity contribution in [3.63, 3.8) is 0 Å². The summed E-state index contributed by atoms with van der Waals surface area (Å²) >= 11 is 5.80. The molecule has 1 atom stereocenters. The molecule has 1 aliphatic heterocycles. The lowest BCUT2D eigenvalue weighted by atomic mass is 10.2. The van der Waals surface area contributed by atoms with Crippen LogP contribution in [0.15, 0.2) is 24.3 Å². The highest BCUT2D eigenvalue weighted by atomic mass is 35.5. The summed E-state index contributed by atoms with van der Waals surface area (Å²) in [7, 11) is 1.63. The predicted octanol–water partition coefficient (Wildman–Crippen LogP) is 2.40. The molecule has 1 amide bonds. The van der Waals surface area contributed by atoms with Crippen LogP contribution in [0.25, 0.3) is 0 Å². The van der Waals surface area contributed by atoms with Gasteiger partial charge in [0.25, 0.3) is 0 Å². The van der Waals surface area contributed by atoms with E-state index >= 15 is 0 Å². The number of carboxylic acid groups (broad SMARTS) is 1. The van der Waals surface area contributed by atoms with Gasteiger partial charge in [-0.3, -0.25) is 4.90 Å². The maximum absolute atomic E-state index is 10.9. The standard InChI is InChI=1S/C14H19ClN2O3/c1-16(14(18)19)12-6-7-17(10-12)8-9-20-13-4-2-11(15)3-5-13/h2-5,12H,6-10H2,1H3,(H,18,19). The van der Waals surface area contributed by atoms with Gasteiger partial charge in [0.15, 0.2) is 0 Å². The molecule has 1 heterocycles. The number of amides is 1. The van der Waals surface area contributed by atoms with E-state index in [4.69, 9.17) is 21.4 Å². The average Bonchev–Trinajstić information content (AvgIpc) is 2.89. The maximum atomic E-state index is 10.9. The van der Waals surface area contributed by atoms with E-state index in [2.05, 4.69) is 4.90 Å². The van der Waals surface area contributed by atoms with Crippen LogP contribution in [0.1, 0.15) is 6.42 Å². The highest BCUT2D eigenvalue weighted by molar-refractivity contribution is 6.30.